The molecule has 1 unspecified atom stereocenters. The largest absolute Gasteiger partial charge is 0.375 e. The fourth-order valence-corrected chi connectivity index (χ4v) is 3.36. The average molecular weight is 380 g/mol. The summed E-state index contributed by atoms with van der Waals surface area (Å²) in [6.45, 7) is 5.86. The molecule has 28 heavy (non-hydrogen) atoms. The first-order chi connectivity index (χ1) is 13.6. The molecule has 0 saturated heterocycles. The van der Waals surface area contributed by atoms with E-state index in [9.17, 15) is 4.79 Å². The van der Waals surface area contributed by atoms with Crippen LogP contribution in [0.4, 0.5) is 0 Å². The minimum atomic E-state index is -0.106. The van der Waals surface area contributed by atoms with Crippen LogP contribution in [0.25, 0.3) is 11.0 Å². The van der Waals surface area contributed by atoms with Crippen LogP contribution in [-0.4, -0.2) is 35.7 Å². The lowest BCUT2D eigenvalue weighted by atomic mass is 9.98. The molecule has 148 valence electrons. The van der Waals surface area contributed by atoms with Crippen LogP contribution in [0.1, 0.15) is 43.1 Å². The van der Waals surface area contributed by atoms with Crippen molar-refractivity contribution in [3.8, 4) is 0 Å². The molecule has 1 amide bonds. The van der Waals surface area contributed by atoms with E-state index in [0.717, 1.165) is 29.8 Å². The standard InChI is InChI=1S/C23H29N3O2/c1-4-17(2)19-11-9-18(10-12-19)15-26-21-8-6-5-7-20(21)25-22(26)13-14-24-23(27)16-28-3/h5-12,17H,4,13-16H2,1-3H3,(H,24,27). The Bertz CT molecular complexity index is 915. The third kappa shape index (κ3) is 4.78. The van der Waals surface area contributed by atoms with Crippen LogP contribution in [0.3, 0.4) is 0 Å². The maximum Gasteiger partial charge on any atom is 0.245 e. The van der Waals surface area contributed by atoms with Gasteiger partial charge in [-0.2, -0.15) is 0 Å². The Balaban J connectivity index is 1.79. The van der Waals surface area contributed by atoms with Gasteiger partial charge in [-0.05, 0) is 35.6 Å². The van der Waals surface area contributed by atoms with Crippen LogP contribution >= 0.6 is 0 Å². The zero-order valence-electron chi connectivity index (χ0n) is 16.9. The number of imidazole rings is 1. The van der Waals surface area contributed by atoms with E-state index < -0.39 is 0 Å². The smallest absolute Gasteiger partial charge is 0.245 e. The second kappa shape index (κ2) is 9.51. The number of para-hydroxylation sites is 2. The first kappa shape index (κ1) is 20.1. The normalized spacial score (nSPS) is 12.2. The first-order valence-corrected chi connectivity index (χ1v) is 9.91. The summed E-state index contributed by atoms with van der Waals surface area (Å²) < 4.78 is 7.10. The van der Waals surface area contributed by atoms with E-state index in [4.69, 9.17) is 9.72 Å². The van der Waals surface area contributed by atoms with Crippen LogP contribution in [0.2, 0.25) is 0 Å². The third-order valence-electron chi connectivity index (χ3n) is 5.18. The van der Waals surface area contributed by atoms with E-state index in [1.165, 1.54) is 18.2 Å². The number of hydrogen-bond donors (Lipinski definition) is 1. The minimum absolute atomic E-state index is 0.0823. The number of hydrogen-bond acceptors (Lipinski definition) is 3. The van der Waals surface area contributed by atoms with E-state index in [0.29, 0.717) is 18.9 Å². The molecule has 3 aromatic rings. The second-order valence-electron chi connectivity index (χ2n) is 7.19. The molecule has 1 N–H and O–H groups in total. The molecule has 1 heterocycles. The molecule has 1 atom stereocenters. The predicted molar refractivity (Wildman–Crippen MR) is 113 cm³/mol. The van der Waals surface area contributed by atoms with Crippen LogP contribution in [0.5, 0.6) is 0 Å². The van der Waals surface area contributed by atoms with E-state index >= 15 is 0 Å². The summed E-state index contributed by atoms with van der Waals surface area (Å²) in [6, 6.07) is 17.1. The van der Waals surface area contributed by atoms with Gasteiger partial charge in [0.2, 0.25) is 5.91 Å². The number of ether oxygens (including phenoxy) is 1. The molecule has 0 saturated carbocycles. The lowest BCUT2D eigenvalue weighted by Gasteiger charge is -2.12. The van der Waals surface area contributed by atoms with E-state index in [-0.39, 0.29) is 12.5 Å². The zero-order valence-corrected chi connectivity index (χ0v) is 16.9. The Morgan fingerprint density at radius 3 is 2.64 bits per heavy atom. The lowest BCUT2D eigenvalue weighted by molar-refractivity contribution is -0.124. The van der Waals surface area contributed by atoms with Gasteiger partial charge in [0.1, 0.15) is 12.4 Å². The highest BCUT2D eigenvalue weighted by atomic mass is 16.5. The van der Waals surface area contributed by atoms with Crippen LogP contribution in [0.15, 0.2) is 48.5 Å². The number of nitrogens with zero attached hydrogens (tertiary/aromatic N) is 2. The monoisotopic (exact) mass is 379 g/mol. The summed E-state index contributed by atoms with van der Waals surface area (Å²) in [7, 11) is 1.52. The summed E-state index contributed by atoms with van der Waals surface area (Å²) in [5, 5.41) is 2.88. The topological polar surface area (TPSA) is 56.2 Å². The molecule has 0 spiro atoms. The highest BCUT2D eigenvalue weighted by molar-refractivity contribution is 5.77. The third-order valence-corrected chi connectivity index (χ3v) is 5.18. The summed E-state index contributed by atoms with van der Waals surface area (Å²) in [4.78, 5) is 16.4. The number of benzene rings is 2. The SMILES string of the molecule is CCC(C)c1ccc(Cn2c(CCNC(=O)COC)nc3ccccc32)cc1. The molecular formula is C23H29N3O2. The van der Waals surface area contributed by atoms with E-state index in [1.807, 2.05) is 18.2 Å². The molecule has 0 radical (unpaired) electrons. The predicted octanol–water partition coefficient (Wildman–Crippen LogP) is 3.90. The van der Waals surface area contributed by atoms with Gasteiger partial charge in [-0.1, -0.05) is 50.2 Å². The van der Waals surface area contributed by atoms with Crippen molar-refractivity contribution in [3.63, 3.8) is 0 Å². The van der Waals surface area contributed by atoms with Crippen LogP contribution in [0, 0.1) is 0 Å². The number of carbonyl (C=O) groups is 1. The lowest BCUT2D eigenvalue weighted by Crippen LogP contribution is -2.29. The van der Waals surface area contributed by atoms with E-state index in [1.54, 1.807) is 0 Å². The summed E-state index contributed by atoms with van der Waals surface area (Å²) >= 11 is 0. The van der Waals surface area contributed by atoms with Gasteiger partial charge in [0.15, 0.2) is 0 Å². The molecule has 5 nitrogen and oxygen atoms in total. The van der Waals surface area contributed by atoms with Gasteiger partial charge in [-0.3, -0.25) is 4.79 Å². The molecule has 0 aliphatic heterocycles. The number of nitrogens with one attached hydrogen (secondary N) is 1. The molecule has 0 fully saturated rings. The van der Waals surface area contributed by atoms with Gasteiger partial charge in [-0.15, -0.1) is 0 Å². The van der Waals surface area contributed by atoms with Gasteiger partial charge < -0.3 is 14.6 Å². The Morgan fingerprint density at radius 1 is 1.18 bits per heavy atom. The van der Waals surface area contributed by atoms with Gasteiger partial charge in [0.05, 0.1) is 11.0 Å². The van der Waals surface area contributed by atoms with Crippen molar-refractivity contribution < 1.29 is 9.53 Å². The maximum atomic E-state index is 11.6. The number of carbonyl (C=O) groups excluding carboxylic acids is 1. The number of methoxy groups -OCH3 is 1. The Kier molecular flexibility index (Phi) is 6.82. The Morgan fingerprint density at radius 2 is 1.93 bits per heavy atom. The van der Waals surface area contributed by atoms with Crippen molar-refractivity contribution in [2.24, 2.45) is 0 Å². The Hall–Kier alpha value is -2.66. The fraction of sp³-hybridized carbons (Fsp3) is 0.391. The highest BCUT2D eigenvalue weighted by Gasteiger charge is 2.12. The molecule has 3 rings (SSSR count). The Labute approximate surface area is 166 Å². The van der Waals surface area contributed by atoms with E-state index in [2.05, 4.69) is 54.1 Å². The molecule has 1 aromatic heterocycles. The van der Waals surface area contributed by atoms with Gasteiger partial charge >= 0.3 is 0 Å². The first-order valence-electron chi connectivity index (χ1n) is 9.91. The maximum absolute atomic E-state index is 11.6. The molecule has 0 aliphatic carbocycles. The fourth-order valence-electron chi connectivity index (χ4n) is 3.36. The molecular weight excluding hydrogens is 350 g/mol. The van der Waals surface area contributed by atoms with Crippen molar-refractivity contribution in [3.05, 3.63) is 65.5 Å². The van der Waals surface area contributed by atoms with Crippen molar-refractivity contribution in [2.45, 2.75) is 39.2 Å². The van der Waals surface area contributed by atoms with Crippen LogP contribution < -0.4 is 5.32 Å². The second-order valence-corrected chi connectivity index (χ2v) is 7.19. The molecule has 0 bridgehead atoms. The zero-order chi connectivity index (χ0) is 19.9. The molecule has 2 aromatic carbocycles. The molecule has 0 aliphatic rings. The number of aromatic nitrogens is 2. The minimum Gasteiger partial charge on any atom is -0.375 e. The average Bonchev–Trinajstić information content (AvgIpc) is 3.05. The summed E-state index contributed by atoms with van der Waals surface area (Å²) in [5.74, 6) is 1.45. The van der Waals surface area contributed by atoms with Crippen molar-refractivity contribution >= 4 is 16.9 Å². The van der Waals surface area contributed by atoms with Gasteiger partial charge in [0.25, 0.3) is 0 Å². The summed E-state index contributed by atoms with van der Waals surface area (Å²) in [5.41, 5.74) is 4.73. The summed E-state index contributed by atoms with van der Waals surface area (Å²) in [6.07, 6.45) is 1.82. The van der Waals surface area contributed by atoms with Crippen LogP contribution in [-0.2, 0) is 22.5 Å². The quantitative estimate of drug-likeness (QED) is 0.613. The van der Waals surface area contributed by atoms with Crippen molar-refractivity contribution in [2.75, 3.05) is 20.3 Å². The van der Waals surface area contributed by atoms with Gasteiger partial charge in [0, 0.05) is 26.6 Å². The number of fused-ring (bicyclic) bond motifs is 1. The number of rotatable bonds is 9. The highest BCUT2D eigenvalue weighted by Crippen LogP contribution is 2.21. The van der Waals surface area contributed by atoms with Crippen molar-refractivity contribution in [1.82, 2.24) is 14.9 Å². The number of amides is 1. The van der Waals surface area contributed by atoms with Crippen molar-refractivity contribution in [1.29, 1.82) is 0 Å². The molecule has 5 heteroatoms. The van der Waals surface area contributed by atoms with Gasteiger partial charge in [-0.25, -0.2) is 4.98 Å².